The second-order valence-corrected chi connectivity index (χ2v) is 6.01. The van der Waals surface area contributed by atoms with Gasteiger partial charge >= 0.3 is 0 Å². The van der Waals surface area contributed by atoms with Crippen LogP contribution >= 0.6 is 12.2 Å². The molecule has 118 valence electrons. The number of fused-ring (bicyclic) bond motifs is 1. The third-order valence-corrected chi connectivity index (χ3v) is 3.64. The molecular formula is C16H23N5S. The van der Waals surface area contributed by atoms with Crippen LogP contribution in [0.1, 0.15) is 11.1 Å². The number of rotatable bonds is 5. The van der Waals surface area contributed by atoms with Crippen LogP contribution in [0.5, 0.6) is 0 Å². The largest absolute Gasteiger partial charge is 0.360 e. The van der Waals surface area contributed by atoms with Gasteiger partial charge in [0, 0.05) is 18.5 Å². The molecular weight excluding hydrogens is 294 g/mol. The molecule has 2 aromatic rings. The number of nitrogens with zero attached hydrogens (tertiary/aromatic N) is 2. The summed E-state index contributed by atoms with van der Waals surface area (Å²) in [6, 6.07) is 8.23. The van der Waals surface area contributed by atoms with Crippen LogP contribution in [0.25, 0.3) is 10.9 Å². The standard InChI is InChI=1S/C16H23N5S/c1-11-6-5-7-13-12(2)10-14(18-15(11)13)19-20-16(22)17-8-9-21(3)4/h5-7,10H,8-9H2,1-4H3,(H,18,19)(H2,17,20,22). The monoisotopic (exact) mass is 317 g/mol. The van der Waals surface area contributed by atoms with E-state index in [9.17, 15) is 0 Å². The van der Waals surface area contributed by atoms with Gasteiger partial charge in [-0.25, -0.2) is 4.98 Å². The Balaban J connectivity index is 2.00. The second kappa shape index (κ2) is 7.38. The molecule has 3 N–H and O–H groups in total. The van der Waals surface area contributed by atoms with Crippen molar-refractivity contribution in [3.05, 3.63) is 35.4 Å². The molecule has 22 heavy (non-hydrogen) atoms. The van der Waals surface area contributed by atoms with Crippen LogP contribution < -0.4 is 16.2 Å². The Hall–Kier alpha value is -1.92. The average Bonchev–Trinajstić information content (AvgIpc) is 2.46. The number of benzene rings is 1. The first kappa shape index (κ1) is 16.5. The Morgan fingerprint density at radius 3 is 2.73 bits per heavy atom. The number of likely N-dealkylation sites (N-methyl/N-ethyl adjacent to an activating group) is 1. The van der Waals surface area contributed by atoms with Gasteiger partial charge in [0.2, 0.25) is 0 Å². The van der Waals surface area contributed by atoms with E-state index < -0.39 is 0 Å². The number of hydrazine groups is 1. The molecule has 0 amide bonds. The molecule has 6 heteroatoms. The van der Waals surface area contributed by atoms with Gasteiger partial charge in [0.25, 0.3) is 0 Å². The van der Waals surface area contributed by atoms with E-state index in [-0.39, 0.29) is 0 Å². The van der Waals surface area contributed by atoms with Gasteiger partial charge in [-0.05, 0) is 57.4 Å². The Bertz CT molecular complexity index is 669. The molecule has 0 spiro atoms. The Morgan fingerprint density at radius 1 is 1.23 bits per heavy atom. The Morgan fingerprint density at radius 2 is 2.00 bits per heavy atom. The van der Waals surface area contributed by atoms with Gasteiger partial charge in [0.05, 0.1) is 5.52 Å². The highest BCUT2D eigenvalue weighted by molar-refractivity contribution is 7.80. The molecule has 0 bridgehead atoms. The molecule has 0 unspecified atom stereocenters. The minimum absolute atomic E-state index is 0.561. The molecule has 0 fully saturated rings. The highest BCUT2D eigenvalue weighted by Gasteiger charge is 2.05. The maximum Gasteiger partial charge on any atom is 0.185 e. The summed E-state index contributed by atoms with van der Waals surface area (Å²) in [7, 11) is 4.06. The van der Waals surface area contributed by atoms with Gasteiger partial charge in [-0.15, -0.1) is 0 Å². The van der Waals surface area contributed by atoms with E-state index in [0.717, 1.165) is 30.0 Å². The van der Waals surface area contributed by atoms with Crippen LogP contribution in [0.15, 0.2) is 24.3 Å². The maximum absolute atomic E-state index is 5.23. The second-order valence-electron chi connectivity index (χ2n) is 5.60. The molecule has 0 saturated carbocycles. The van der Waals surface area contributed by atoms with Gasteiger partial charge in [-0.1, -0.05) is 18.2 Å². The molecule has 0 saturated heterocycles. The number of hydrogen-bond donors (Lipinski definition) is 3. The Labute approximate surface area is 137 Å². The maximum atomic E-state index is 5.23. The number of anilines is 1. The zero-order valence-electron chi connectivity index (χ0n) is 13.5. The number of aromatic nitrogens is 1. The lowest BCUT2D eigenvalue weighted by Gasteiger charge is -2.15. The van der Waals surface area contributed by atoms with Crippen LogP contribution in [0.2, 0.25) is 0 Å². The lowest BCUT2D eigenvalue weighted by atomic mass is 10.1. The van der Waals surface area contributed by atoms with Crippen molar-refractivity contribution in [2.75, 3.05) is 32.6 Å². The summed E-state index contributed by atoms with van der Waals surface area (Å²) in [6.45, 7) is 5.87. The Kier molecular flexibility index (Phi) is 5.51. The van der Waals surface area contributed by atoms with Crippen LogP contribution in [0, 0.1) is 13.8 Å². The van der Waals surface area contributed by atoms with Crippen molar-refractivity contribution in [2.24, 2.45) is 0 Å². The lowest BCUT2D eigenvalue weighted by molar-refractivity contribution is 0.412. The third kappa shape index (κ3) is 4.29. The lowest BCUT2D eigenvalue weighted by Crippen LogP contribution is -2.41. The van der Waals surface area contributed by atoms with E-state index in [2.05, 4.69) is 58.1 Å². The molecule has 2 rings (SSSR count). The third-order valence-electron chi connectivity index (χ3n) is 3.40. The molecule has 0 aliphatic carbocycles. The van der Waals surface area contributed by atoms with Crippen molar-refractivity contribution in [2.45, 2.75) is 13.8 Å². The minimum Gasteiger partial charge on any atom is -0.360 e. The topological polar surface area (TPSA) is 52.2 Å². The first-order valence-corrected chi connectivity index (χ1v) is 7.70. The first-order valence-electron chi connectivity index (χ1n) is 7.29. The van der Waals surface area contributed by atoms with E-state index in [0.29, 0.717) is 5.11 Å². The highest BCUT2D eigenvalue weighted by Crippen LogP contribution is 2.22. The van der Waals surface area contributed by atoms with Crippen LogP contribution in [-0.2, 0) is 0 Å². The minimum atomic E-state index is 0.561. The fraction of sp³-hybridized carbons (Fsp3) is 0.375. The summed E-state index contributed by atoms with van der Waals surface area (Å²) in [5, 5.41) is 4.88. The summed E-state index contributed by atoms with van der Waals surface area (Å²) < 4.78 is 0. The van der Waals surface area contributed by atoms with Crippen molar-refractivity contribution >= 4 is 34.1 Å². The summed E-state index contributed by atoms with van der Waals surface area (Å²) in [6.07, 6.45) is 0. The number of hydrogen-bond acceptors (Lipinski definition) is 4. The smallest absolute Gasteiger partial charge is 0.185 e. The molecule has 5 nitrogen and oxygen atoms in total. The van der Waals surface area contributed by atoms with Crippen LogP contribution in [-0.4, -0.2) is 42.2 Å². The molecule has 1 aromatic heterocycles. The van der Waals surface area contributed by atoms with E-state index in [1.807, 2.05) is 20.2 Å². The van der Waals surface area contributed by atoms with E-state index in [1.165, 1.54) is 10.9 Å². The predicted molar refractivity (Wildman–Crippen MR) is 97.1 cm³/mol. The zero-order valence-corrected chi connectivity index (χ0v) is 14.3. The van der Waals surface area contributed by atoms with Gasteiger partial charge in [-0.2, -0.15) is 0 Å². The zero-order chi connectivity index (χ0) is 16.1. The number of pyridine rings is 1. The SMILES string of the molecule is Cc1cc(NNC(=S)NCCN(C)C)nc2c(C)cccc12. The normalized spacial score (nSPS) is 10.8. The molecule has 0 aliphatic heterocycles. The summed E-state index contributed by atoms with van der Waals surface area (Å²) >= 11 is 5.23. The summed E-state index contributed by atoms with van der Waals surface area (Å²) in [5.41, 5.74) is 9.40. The first-order chi connectivity index (χ1) is 10.5. The number of para-hydroxylation sites is 1. The van der Waals surface area contributed by atoms with E-state index >= 15 is 0 Å². The number of nitrogens with one attached hydrogen (secondary N) is 3. The highest BCUT2D eigenvalue weighted by atomic mass is 32.1. The van der Waals surface area contributed by atoms with E-state index in [4.69, 9.17) is 12.2 Å². The van der Waals surface area contributed by atoms with Crippen molar-refractivity contribution in [3.8, 4) is 0 Å². The van der Waals surface area contributed by atoms with E-state index in [1.54, 1.807) is 0 Å². The van der Waals surface area contributed by atoms with Crippen LogP contribution in [0.4, 0.5) is 5.82 Å². The fourth-order valence-electron chi connectivity index (χ4n) is 2.18. The fourth-order valence-corrected chi connectivity index (χ4v) is 2.34. The van der Waals surface area contributed by atoms with Crippen molar-refractivity contribution in [1.29, 1.82) is 0 Å². The number of thiocarbonyl (C=S) groups is 1. The molecule has 1 heterocycles. The molecule has 0 radical (unpaired) electrons. The van der Waals surface area contributed by atoms with Crippen molar-refractivity contribution in [1.82, 2.24) is 20.6 Å². The molecule has 0 aliphatic rings. The van der Waals surface area contributed by atoms with Gasteiger partial charge in [0.1, 0.15) is 5.82 Å². The quantitative estimate of drug-likeness (QED) is 0.581. The van der Waals surface area contributed by atoms with Gasteiger partial charge in [-0.3, -0.25) is 10.9 Å². The summed E-state index contributed by atoms with van der Waals surface area (Å²) in [4.78, 5) is 6.74. The van der Waals surface area contributed by atoms with Crippen molar-refractivity contribution in [3.63, 3.8) is 0 Å². The average molecular weight is 317 g/mol. The van der Waals surface area contributed by atoms with Crippen LogP contribution in [0.3, 0.4) is 0 Å². The van der Waals surface area contributed by atoms with Crippen molar-refractivity contribution < 1.29 is 0 Å². The summed E-state index contributed by atoms with van der Waals surface area (Å²) in [5.74, 6) is 0.760. The predicted octanol–water partition coefficient (Wildman–Crippen LogP) is 2.20. The molecule has 1 aromatic carbocycles. The van der Waals surface area contributed by atoms with Gasteiger partial charge < -0.3 is 10.2 Å². The number of aryl methyl sites for hydroxylation is 2. The molecule has 0 atom stereocenters. The van der Waals surface area contributed by atoms with Gasteiger partial charge in [0.15, 0.2) is 5.11 Å².